The fraction of sp³-hybridized carbons (Fsp3) is 0.462. The number of aromatic nitrogens is 4. The van der Waals surface area contributed by atoms with Gasteiger partial charge < -0.3 is 10.6 Å². The van der Waals surface area contributed by atoms with E-state index in [0.29, 0.717) is 0 Å². The lowest BCUT2D eigenvalue weighted by Gasteiger charge is -2.15. The van der Waals surface area contributed by atoms with Crippen molar-refractivity contribution in [1.29, 1.82) is 0 Å². The van der Waals surface area contributed by atoms with Crippen LogP contribution < -0.4 is 10.6 Å². The van der Waals surface area contributed by atoms with Crippen molar-refractivity contribution in [1.82, 2.24) is 19.7 Å². The predicted octanol–water partition coefficient (Wildman–Crippen LogP) is 2.00. The van der Waals surface area contributed by atoms with Crippen molar-refractivity contribution >= 4 is 11.6 Å². The van der Waals surface area contributed by atoms with Crippen molar-refractivity contribution in [2.75, 3.05) is 17.2 Å². The molecule has 0 bridgehead atoms. The van der Waals surface area contributed by atoms with Gasteiger partial charge >= 0.3 is 0 Å². The summed E-state index contributed by atoms with van der Waals surface area (Å²) >= 11 is 0. The summed E-state index contributed by atoms with van der Waals surface area (Å²) in [4.78, 5) is 8.64. The molecule has 6 heteroatoms. The first-order valence-corrected chi connectivity index (χ1v) is 6.58. The normalized spacial score (nSPS) is 12.1. The summed E-state index contributed by atoms with van der Waals surface area (Å²) in [6.07, 6.45) is 8.26. The Hall–Kier alpha value is -2.11. The van der Waals surface area contributed by atoms with Crippen LogP contribution >= 0.6 is 0 Å². The van der Waals surface area contributed by atoms with Crippen LogP contribution in [0.2, 0.25) is 0 Å². The van der Waals surface area contributed by atoms with E-state index < -0.39 is 0 Å². The third kappa shape index (κ3) is 4.24. The molecular formula is C13H20N6. The molecule has 0 aliphatic carbocycles. The standard InChI is InChI=1S/C13H20N6/c1-3-5-15-12-8-14-9-13(18-12)17-11(2)10-19-7-4-6-16-19/h4,6-9,11H,3,5,10H2,1-2H3,(H2,15,17,18). The highest BCUT2D eigenvalue weighted by Crippen LogP contribution is 2.08. The Morgan fingerprint density at radius 3 is 2.89 bits per heavy atom. The Morgan fingerprint density at radius 1 is 1.32 bits per heavy atom. The van der Waals surface area contributed by atoms with Gasteiger partial charge in [0.1, 0.15) is 11.6 Å². The van der Waals surface area contributed by atoms with E-state index in [9.17, 15) is 0 Å². The lowest BCUT2D eigenvalue weighted by molar-refractivity contribution is 0.559. The highest BCUT2D eigenvalue weighted by Gasteiger charge is 2.05. The molecule has 0 fully saturated rings. The van der Waals surface area contributed by atoms with Crippen molar-refractivity contribution in [2.24, 2.45) is 0 Å². The molecule has 0 aromatic carbocycles. The molecule has 0 saturated carbocycles. The van der Waals surface area contributed by atoms with Gasteiger partial charge in [-0.05, 0) is 19.4 Å². The van der Waals surface area contributed by atoms with Crippen LogP contribution in [0, 0.1) is 0 Å². The highest BCUT2D eigenvalue weighted by molar-refractivity contribution is 5.41. The van der Waals surface area contributed by atoms with Gasteiger partial charge in [-0.25, -0.2) is 4.98 Å². The summed E-state index contributed by atoms with van der Waals surface area (Å²) in [5, 5.41) is 10.7. The number of hydrogen-bond donors (Lipinski definition) is 2. The van der Waals surface area contributed by atoms with Gasteiger partial charge in [0.05, 0.1) is 18.9 Å². The first kappa shape index (κ1) is 13.3. The first-order valence-electron chi connectivity index (χ1n) is 6.58. The van der Waals surface area contributed by atoms with E-state index in [-0.39, 0.29) is 6.04 Å². The minimum absolute atomic E-state index is 0.232. The number of rotatable bonds is 7. The van der Waals surface area contributed by atoms with Gasteiger partial charge in [0.2, 0.25) is 0 Å². The topological polar surface area (TPSA) is 67.7 Å². The van der Waals surface area contributed by atoms with Gasteiger partial charge in [-0.1, -0.05) is 6.92 Å². The van der Waals surface area contributed by atoms with Crippen molar-refractivity contribution in [3.05, 3.63) is 30.9 Å². The molecule has 2 rings (SSSR count). The van der Waals surface area contributed by atoms with Crippen LogP contribution in [0.3, 0.4) is 0 Å². The van der Waals surface area contributed by atoms with E-state index in [1.165, 1.54) is 0 Å². The molecule has 0 spiro atoms. The molecule has 1 unspecified atom stereocenters. The Bertz CT molecular complexity index is 482. The van der Waals surface area contributed by atoms with E-state index in [4.69, 9.17) is 0 Å². The molecule has 2 N–H and O–H groups in total. The minimum atomic E-state index is 0.232. The molecule has 1 atom stereocenters. The van der Waals surface area contributed by atoms with Gasteiger partial charge in [-0.3, -0.25) is 9.67 Å². The summed E-state index contributed by atoms with van der Waals surface area (Å²) in [6, 6.07) is 2.15. The molecule has 0 saturated heterocycles. The Balaban J connectivity index is 1.90. The van der Waals surface area contributed by atoms with Gasteiger partial charge in [0, 0.05) is 25.0 Å². The Morgan fingerprint density at radius 2 is 2.16 bits per heavy atom. The van der Waals surface area contributed by atoms with Crippen LogP contribution in [0.4, 0.5) is 11.6 Å². The van der Waals surface area contributed by atoms with Gasteiger partial charge in [0.25, 0.3) is 0 Å². The van der Waals surface area contributed by atoms with Crippen LogP contribution in [0.15, 0.2) is 30.9 Å². The molecule has 102 valence electrons. The lowest BCUT2D eigenvalue weighted by atomic mass is 10.3. The maximum Gasteiger partial charge on any atom is 0.147 e. The molecule has 19 heavy (non-hydrogen) atoms. The van der Waals surface area contributed by atoms with E-state index in [2.05, 4.69) is 39.5 Å². The monoisotopic (exact) mass is 260 g/mol. The molecule has 2 aromatic heterocycles. The minimum Gasteiger partial charge on any atom is -0.369 e. The van der Waals surface area contributed by atoms with Crippen LogP contribution in [0.5, 0.6) is 0 Å². The van der Waals surface area contributed by atoms with E-state index >= 15 is 0 Å². The number of nitrogens with one attached hydrogen (secondary N) is 2. The smallest absolute Gasteiger partial charge is 0.147 e. The van der Waals surface area contributed by atoms with Crippen molar-refractivity contribution in [2.45, 2.75) is 32.9 Å². The third-order valence-electron chi connectivity index (χ3n) is 2.61. The van der Waals surface area contributed by atoms with Gasteiger partial charge in [-0.15, -0.1) is 0 Å². The quantitative estimate of drug-likeness (QED) is 0.797. The third-order valence-corrected chi connectivity index (χ3v) is 2.61. The molecule has 0 aliphatic heterocycles. The second-order valence-corrected chi connectivity index (χ2v) is 4.49. The zero-order valence-corrected chi connectivity index (χ0v) is 11.4. The average Bonchev–Trinajstić information content (AvgIpc) is 2.89. The summed E-state index contributed by atoms with van der Waals surface area (Å²) in [5.74, 6) is 1.58. The number of hydrogen-bond acceptors (Lipinski definition) is 5. The Labute approximate surface area is 113 Å². The highest BCUT2D eigenvalue weighted by atomic mass is 15.3. The van der Waals surface area contributed by atoms with Gasteiger partial charge in [-0.2, -0.15) is 5.10 Å². The summed E-state index contributed by atoms with van der Waals surface area (Å²) in [5.41, 5.74) is 0. The van der Waals surface area contributed by atoms with Crippen LogP contribution in [-0.4, -0.2) is 32.3 Å². The molecule has 0 radical (unpaired) electrons. The summed E-state index contributed by atoms with van der Waals surface area (Å²) in [6.45, 7) is 5.91. The fourth-order valence-electron chi connectivity index (χ4n) is 1.76. The zero-order valence-electron chi connectivity index (χ0n) is 11.4. The van der Waals surface area contributed by atoms with Crippen molar-refractivity contribution in [3.63, 3.8) is 0 Å². The van der Waals surface area contributed by atoms with Crippen LogP contribution in [0.25, 0.3) is 0 Å². The Kier molecular flexibility index (Phi) is 4.72. The molecule has 0 aliphatic rings. The molecular weight excluding hydrogens is 240 g/mol. The maximum absolute atomic E-state index is 4.47. The average molecular weight is 260 g/mol. The maximum atomic E-state index is 4.47. The lowest BCUT2D eigenvalue weighted by Crippen LogP contribution is -2.23. The predicted molar refractivity (Wildman–Crippen MR) is 76.1 cm³/mol. The zero-order chi connectivity index (χ0) is 13.5. The number of nitrogens with zero attached hydrogens (tertiary/aromatic N) is 4. The van der Waals surface area contributed by atoms with Crippen molar-refractivity contribution < 1.29 is 0 Å². The first-order chi connectivity index (χ1) is 9.28. The van der Waals surface area contributed by atoms with E-state index in [0.717, 1.165) is 31.1 Å². The van der Waals surface area contributed by atoms with Crippen LogP contribution in [-0.2, 0) is 6.54 Å². The largest absolute Gasteiger partial charge is 0.369 e. The van der Waals surface area contributed by atoms with E-state index in [1.807, 2.05) is 16.9 Å². The second kappa shape index (κ2) is 6.72. The molecule has 6 nitrogen and oxygen atoms in total. The van der Waals surface area contributed by atoms with Crippen LogP contribution in [0.1, 0.15) is 20.3 Å². The molecule has 2 heterocycles. The van der Waals surface area contributed by atoms with E-state index in [1.54, 1.807) is 18.6 Å². The second-order valence-electron chi connectivity index (χ2n) is 4.49. The van der Waals surface area contributed by atoms with Gasteiger partial charge in [0.15, 0.2) is 0 Å². The fourth-order valence-corrected chi connectivity index (χ4v) is 1.76. The summed E-state index contributed by atoms with van der Waals surface area (Å²) < 4.78 is 1.89. The molecule has 0 amide bonds. The SMILES string of the molecule is CCCNc1cncc(NC(C)Cn2cccn2)n1. The summed E-state index contributed by atoms with van der Waals surface area (Å²) in [7, 11) is 0. The van der Waals surface area contributed by atoms with Crippen molar-refractivity contribution in [3.8, 4) is 0 Å². The number of anilines is 2. The molecule has 2 aromatic rings.